The second-order valence-electron chi connectivity index (χ2n) is 7.29. The van der Waals surface area contributed by atoms with E-state index in [0.717, 1.165) is 23.0 Å². The molecule has 0 fully saturated rings. The normalized spacial score (nSPS) is 12.2. The number of nitrogens with zero attached hydrogens (tertiary/aromatic N) is 5. The molecule has 5 nitrogen and oxygen atoms in total. The molecule has 0 atom stereocenters. The molecule has 0 unspecified atom stereocenters. The third-order valence-corrected chi connectivity index (χ3v) is 4.77. The van der Waals surface area contributed by atoms with Gasteiger partial charge in [-0.2, -0.15) is 13.2 Å². The van der Waals surface area contributed by atoms with Gasteiger partial charge in [-0.3, -0.25) is 4.98 Å². The van der Waals surface area contributed by atoms with Gasteiger partial charge in [-0.05, 0) is 38.1 Å². The van der Waals surface area contributed by atoms with E-state index >= 15 is 0 Å². The number of pyridine rings is 2. The molecule has 0 saturated heterocycles. The molecule has 0 aliphatic carbocycles. The fraction of sp³-hybridized carbons (Fsp3) is 0.182. The Labute approximate surface area is 171 Å². The van der Waals surface area contributed by atoms with E-state index in [2.05, 4.69) is 15.1 Å². The standard InChI is InChI=1S/C22H18F3N5/c1-21(2,17-11-6-10-16(27-17)15-8-4-3-5-9-15)20-26-14-30(29-20)19-13-7-12-18(28-19)22(23,24)25/h3-14H,1-2H3. The lowest BCUT2D eigenvalue weighted by Gasteiger charge is -2.21. The molecule has 0 N–H and O–H groups in total. The van der Waals surface area contributed by atoms with Crippen molar-refractivity contribution in [1.29, 1.82) is 0 Å². The van der Waals surface area contributed by atoms with E-state index in [1.54, 1.807) is 0 Å². The summed E-state index contributed by atoms with van der Waals surface area (Å²) < 4.78 is 40.1. The number of hydrogen-bond acceptors (Lipinski definition) is 4. The molecule has 0 aliphatic heterocycles. The van der Waals surface area contributed by atoms with Gasteiger partial charge in [-0.15, -0.1) is 5.10 Å². The minimum absolute atomic E-state index is 0.0466. The Hall–Kier alpha value is -3.55. The van der Waals surface area contributed by atoms with Gasteiger partial charge in [0.1, 0.15) is 12.0 Å². The van der Waals surface area contributed by atoms with Crippen molar-refractivity contribution in [3.05, 3.63) is 90.3 Å². The van der Waals surface area contributed by atoms with Gasteiger partial charge < -0.3 is 0 Å². The van der Waals surface area contributed by atoms with Crippen molar-refractivity contribution in [2.45, 2.75) is 25.4 Å². The van der Waals surface area contributed by atoms with Crippen molar-refractivity contribution >= 4 is 0 Å². The van der Waals surface area contributed by atoms with Crippen molar-refractivity contribution in [2.75, 3.05) is 0 Å². The van der Waals surface area contributed by atoms with Gasteiger partial charge in [-0.1, -0.05) is 42.5 Å². The molecule has 4 aromatic rings. The molecule has 30 heavy (non-hydrogen) atoms. The van der Waals surface area contributed by atoms with Crippen molar-refractivity contribution in [3.63, 3.8) is 0 Å². The Bertz CT molecular complexity index is 1170. The predicted molar refractivity (Wildman–Crippen MR) is 106 cm³/mol. The zero-order chi connectivity index (χ0) is 21.4. The molecular weight excluding hydrogens is 391 g/mol. The molecule has 152 valence electrons. The molecule has 3 heterocycles. The van der Waals surface area contributed by atoms with E-state index in [9.17, 15) is 13.2 Å². The summed E-state index contributed by atoms with van der Waals surface area (Å²) in [6.45, 7) is 3.84. The molecule has 0 aliphatic rings. The minimum atomic E-state index is -4.53. The van der Waals surface area contributed by atoms with E-state index in [1.807, 2.05) is 62.4 Å². The van der Waals surface area contributed by atoms with E-state index in [-0.39, 0.29) is 5.82 Å². The van der Waals surface area contributed by atoms with Crippen LogP contribution in [0, 0.1) is 0 Å². The molecule has 1 aromatic carbocycles. The average Bonchev–Trinajstić information content (AvgIpc) is 3.25. The summed E-state index contributed by atoms with van der Waals surface area (Å²) in [5, 5.41) is 4.39. The molecule has 0 amide bonds. The predicted octanol–water partition coefficient (Wildman–Crippen LogP) is 5.07. The number of aromatic nitrogens is 5. The lowest BCUT2D eigenvalue weighted by atomic mass is 9.87. The van der Waals surface area contributed by atoms with Crippen LogP contribution in [-0.2, 0) is 11.6 Å². The Morgan fingerprint density at radius 1 is 0.767 bits per heavy atom. The van der Waals surface area contributed by atoms with Crippen LogP contribution in [0.25, 0.3) is 17.1 Å². The lowest BCUT2D eigenvalue weighted by molar-refractivity contribution is -0.141. The monoisotopic (exact) mass is 409 g/mol. The quantitative estimate of drug-likeness (QED) is 0.472. The van der Waals surface area contributed by atoms with Crippen LogP contribution < -0.4 is 0 Å². The van der Waals surface area contributed by atoms with Gasteiger partial charge in [0, 0.05) is 5.56 Å². The summed E-state index contributed by atoms with van der Waals surface area (Å²) in [7, 11) is 0. The highest BCUT2D eigenvalue weighted by Gasteiger charge is 2.33. The largest absolute Gasteiger partial charge is 0.433 e. The fourth-order valence-electron chi connectivity index (χ4n) is 3.04. The zero-order valence-electron chi connectivity index (χ0n) is 16.3. The maximum absolute atomic E-state index is 13.0. The van der Waals surface area contributed by atoms with Gasteiger partial charge in [0.2, 0.25) is 0 Å². The second-order valence-corrected chi connectivity index (χ2v) is 7.29. The first-order valence-corrected chi connectivity index (χ1v) is 9.25. The van der Waals surface area contributed by atoms with Crippen molar-refractivity contribution in [3.8, 4) is 17.1 Å². The number of hydrogen-bond donors (Lipinski definition) is 0. The fourth-order valence-corrected chi connectivity index (χ4v) is 3.04. The molecule has 0 spiro atoms. The Balaban J connectivity index is 1.68. The summed E-state index contributed by atoms with van der Waals surface area (Å²) in [5.41, 5.74) is 0.909. The van der Waals surface area contributed by atoms with Crippen LogP contribution in [0.3, 0.4) is 0 Å². The number of benzene rings is 1. The van der Waals surface area contributed by atoms with Crippen LogP contribution in [0.1, 0.15) is 31.1 Å². The number of rotatable bonds is 4. The molecular formula is C22H18F3N5. The summed E-state index contributed by atoms with van der Waals surface area (Å²) in [5.74, 6) is 0.477. The van der Waals surface area contributed by atoms with Crippen molar-refractivity contribution in [1.82, 2.24) is 24.7 Å². The van der Waals surface area contributed by atoms with Crippen LogP contribution in [0.2, 0.25) is 0 Å². The molecule has 0 bridgehead atoms. The van der Waals surface area contributed by atoms with Crippen LogP contribution >= 0.6 is 0 Å². The number of alkyl halides is 3. The summed E-state index contributed by atoms with van der Waals surface area (Å²) >= 11 is 0. The Morgan fingerprint density at radius 3 is 2.20 bits per heavy atom. The SMILES string of the molecule is CC(C)(c1cccc(-c2ccccc2)n1)c1ncn(-c2cccc(C(F)(F)F)n2)n1. The first kappa shape index (κ1) is 19.8. The highest BCUT2D eigenvalue weighted by Crippen LogP contribution is 2.30. The highest BCUT2D eigenvalue weighted by molar-refractivity contribution is 5.59. The van der Waals surface area contributed by atoms with Gasteiger partial charge in [0.15, 0.2) is 11.6 Å². The topological polar surface area (TPSA) is 56.5 Å². The van der Waals surface area contributed by atoms with Crippen LogP contribution in [0.4, 0.5) is 13.2 Å². The molecule has 0 radical (unpaired) electrons. The highest BCUT2D eigenvalue weighted by atomic mass is 19.4. The zero-order valence-corrected chi connectivity index (χ0v) is 16.3. The Kier molecular flexibility index (Phi) is 4.85. The van der Waals surface area contributed by atoms with Gasteiger partial charge in [-0.25, -0.2) is 14.6 Å². The van der Waals surface area contributed by atoms with E-state index in [4.69, 9.17) is 4.98 Å². The maximum Gasteiger partial charge on any atom is 0.433 e. The van der Waals surface area contributed by atoms with Crippen molar-refractivity contribution < 1.29 is 13.2 Å². The van der Waals surface area contributed by atoms with Crippen molar-refractivity contribution in [2.24, 2.45) is 0 Å². The molecule has 3 aromatic heterocycles. The molecule has 4 rings (SSSR count). The lowest BCUT2D eigenvalue weighted by Crippen LogP contribution is -2.23. The van der Waals surface area contributed by atoms with E-state index in [0.29, 0.717) is 5.82 Å². The first-order valence-electron chi connectivity index (χ1n) is 9.25. The third kappa shape index (κ3) is 3.80. The van der Waals surface area contributed by atoms with Gasteiger partial charge in [0.25, 0.3) is 0 Å². The van der Waals surface area contributed by atoms with Crippen LogP contribution in [0.5, 0.6) is 0 Å². The van der Waals surface area contributed by atoms with E-state index < -0.39 is 17.3 Å². The first-order chi connectivity index (χ1) is 14.2. The Morgan fingerprint density at radius 2 is 1.47 bits per heavy atom. The average molecular weight is 409 g/mol. The van der Waals surface area contributed by atoms with Crippen LogP contribution in [0.15, 0.2) is 73.1 Å². The summed E-state index contributed by atoms with van der Waals surface area (Å²) in [4.78, 5) is 12.7. The molecule has 0 saturated carbocycles. The van der Waals surface area contributed by atoms with Crippen LogP contribution in [-0.4, -0.2) is 24.7 Å². The minimum Gasteiger partial charge on any atom is -0.252 e. The maximum atomic E-state index is 13.0. The summed E-state index contributed by atoms with van der Waals surface area (Å²) in [6, 6.07) is 19.2. The smallest absolute Gasteiger partial charge is 0.252 e. The molecule has 8 heteroatoms. The summed E-state index contributed by atoms with van der Waals surface area (Å²) in [6.07, 6.45) is -3.17. The third-order valence-electron chi connectivity index (χ3n) is 4.77. The number of halogens is 3. The van der Waals surface area contributed by atoms with Gasteiger partial charge in [0.05, 0.1) is 16.8 Å². The second kappa shape index (κ2) is 7.37. The van der Waals surface area contributed by atoms with E-state index in [1.165, 1.54) is 23.1 Å². The van der Waals surface area contributed by atoms with Gasteiger partial charge >= 0.3 is 6.18 Å².